The maximum atomic E-state index is 12.3. The van der Waals surface area contributed by atoms with Crippen LogP contribution >= 0.6 is 0 Å². The highest BCUT2D eigenvalue weighted by Gasteiger charge is 2.38. The molecule has 1 aromatic heterocycles. The molecule has 0 spiro atoms. The second kappa shape index (κ2) is 7.04. The predicted molar refractivity (Wildman–Crippen MR) is 91.0 cm³/mol. The smallest absolute Gasteiger partial charge is 0.222 e. The fraction of sp³-hybridized carbons (Fsp3) is 0.778. The Hall–Kier alpha value is -1.36. The Morgan fingerprint density at radius 2 is 2.17 bits per heavy atom. The molecule has 2 aliphatic rings. The quantitative estimate of drug-likeness (QED) is 0.837. The lowest BCUT2D eigenvalue weighted by Gasteiger charge is -2.47. The molecule has 2 aliphatic heterocycles. The van der Waals surface area contributed by atoms with Crippen molar-refractivity contribution in [3.05, 3.63) is 17.5 Å². The van der Waals surface area contributed by atoms with Crippen molar-refractivity contribution in [1.82, 2.24) is 19.6 Å². The molecule has 0 aromatic carbocycles. The molecule has 2 atom stereocenters. The highest BCUT2D eigenvalue weighted by atomic mass is 16.2. The lowest BCUT2D eigenvalue weighted by molar-refractivity contribution is -0.141. The molecule has 2 fully saturated rings. The van der Waals surface area contributed by atoms with Crippen LogP contribution < -0.4 is 0 Å². The monoisotopic (exact) mass is 318 g/mol. The number of aromatic nitrogens is 2. The first-order chi connectivity index (χ1) is 11.1. The molecule has 128 valence electrons. The third-order valence-electron chi connectivity index (χ3n) is 5.71. The second-order valence-corrected chi connectivity index (χ2v) is 7.21. The van der Waals surface area contributed by atoms with Gasteiger partial charge in [0.25, 0.3) is 0 Å². The van der Waals surface area contributed by atoms with Crippen LogP contribution in [-0.4, -0.2) is 51.2 Å². The molecule has 1 amide bonds. The largest absolute Gasteiger partial charge is 0.339 e. The molecule has 0 N–H and O–H groups in total. The highest BCUT2D eigenvalue weighted by Crippen LogP contribution is 2.32. The number of piperidine rings is 2. The Kier molecular flexibility index (Phi) is 5.05. The number of unbranched alkanes of at least 4 members (excludes halogenated alkanes) is 1. The fourth-order valence-corrected chi connectivity index (χ4v) is 4.13. The van der Waals surface area contributed by atoms with E-state index in [0.29, 0.717) is 17.9 Å². The maximum absolute atomic E-state index is 12.3. The first-order valence-electron chi connectivity index (χ1n) is 9.09. The van der Waals surface area contributed by atoms with E-state index in [0.717, 1.165) is 58.3 Å². The van der Waals surface area contributed by atoms with Gasteiger partial charge in [0.05, 0.1) is 6.20 Å². The van der Waals surface area contributed by atoms with Gasteiger partial charge in [-0.25, -0.2) is 0 Å². The van der Waals surface area contributed by atoms with Gasteiger partial charge in [-0.15, -0.1) is 0 Å². The average Bonchev–Trinajstić information content (AvgIpc) is 2.86. The van der Waals surface area contributed by atoms with E-state index in [1.807, 2.05) is 17.9 Å². The van der Waals surface area contributed by atoms with Crippen LogP contribution in [0.2, 0.25) is 0 Å². The second-order valence-electron chi connectivity index (χ2n) is 7.21. The zero-order valence-electron chi connectivity index (χ0n) is 14.8. The topological polar surface area (TPSA) is 41.4 Å². The summed E-state index contributed by atoms with van der Waals surface area (Å²) >= 11 is 0. The van der Waals surface area contributed by atoms with Crippen molar-refractivity contribution in [3.8, 4) is 0 Å². The molecule has 5 heteroatoms. The fourth-order valence-electron chi connectivity index (χ4n) is 4.13. The number of hydrogen-bond acceptors (Lipinski definition) is 3. The first kappa shape index (κ1) is 16.5. The van der Waals surface area contributed by atoms with Gasteiger partial charge in [0.15, 0.2) is 0 Å². The minimum Gasteiger partial charge on any atom is -0.339 e. The average molecular weight is 318 g/mol. The van der Waals surface area contributed by atoms with Gasteiger partial charge in [-0.2, -0.15) is 5.10 Å². The van der Waals surface area contributed by atoms with Crippen LogP contribution in [0.1, 0.15) is 50.3 Å². The van der Waals surface area contributed by atoms with Gasteiger partial charge in [0.1, 0.15) is 0 Å². The van der Waals surface area contributed by atoms with E-state index in [9.17, 15) is 4.79 Å². The SMILES string of the molecule is CCCCN1C(=O)CC[C@@H]2CN(Cc3cnn(C)c3C)CC[C@@H]21. The van der Waals surface area contributed by atoms with Crippen LogP contribution in [0.3, 0.4) is 0 Å². The Balaban J connectivity index is 1.62. The van der Waals surface area contributed by atoms with E-state index in [1.165, 1.54) is 11.3 Å². The number of hydrogen-bond donors (Lipinski definition) is 0. The van der Waals surface area contributed by atoms with Gasteiger partial charge in [0, 0.05) is 56.9 Å². The van der Waals surface area contributed by atoms with E-state index in [-0.39, 0.29) is 0 Å². The minimum atomic E-state index is 0.385. The molecule has 0 aliphatic carbocycles. The van der Waals surface area contributed by atoms with Gasteiger partial charge < -0.3 is 4.90 Å². The zero-order valence-corrected chi connectivity index (χ0v) is 14.8. The molecule has 3 heterocycles. The Bertz CT molecular complexity index is 553. The summed E-state index contributed by atoms with van der Waals surface area (Å²) in [6, 6.07) is 0.481. The summed E-state index contributed by atoms with van der Waals surface area (Å²) in [5.74, 6) is 1.03. The van der Waals surface area contributed by atoms with Crippen molar-refractivity contribution in [3.63, 3.8) is 0 Å². The van der Waals surface area contributed by atoms with E-state index in [4.69, 9.17) is 0 Å². The van der Waals surface area contributed by atoms with Crippen LogP contribution in [0.5, 0.6) is 0 Å². The minimum absolute atomic E-state index is 0.385. The van der Waals surface area contributed by atoms with Gasteiger partial charge in [0.2, 0.25) is 5.91 Å². The molecule has 0 unspecified atom stereocenters. The molecule has 2 saturated heterocycles. The summed E-state index contributed by atoms with van der Waals surface area (Å²) in [6.07, 6.45) is 7.22. The number of amides is 1. The van der Waals surface area contributed by atoms with Crippen LogP contribution in [-0.2, 0) is 18.4 Å². The number of carbonyl (C=O) groups excluding carboxylic acids is 1. The third kappa shape index (κ3) is 3.44. The summed E-state index contributed by atoms with van der Waals surface area (Å²) in [5, 5.41) is 4.36. The number of carbonyl (C=O) groups is 1. The van der Waals surface area contributed by atoms with Crippen molar-refractivity contribution in [2.24, 2.45) is 13.0 Å². The Morgan fingerprint density at radius 3 is 2.87 bits per heavy atom. The van der Waals surface area contributed by atoms with E-state index < -0.39 is 0 Å². The summed E-state index contributed by atoms with van der Waals surface area (Å²) in [5.41, 5.74) is 2.59. The predicted octanol–water partition coefficient (Wildman–Crippen LogP) is 2.34. The first-order valence-corrected chi connectivity index (χ1v) is 9.09. The molecule has 3 rings (SSSR count). The van der Waals surface area contributed by atoms with Gasteiger partial charge in [-0.3, -0.25) is 14.4 Å². The Morgan fingerprint density at radius 1 is 1.35 bits per heavy atom. The summed E-state index contributed by atoms with van der Waals surface area (Å²) in [4.78, 5) is 17.0. The summed E-state index contributed by atoms with van der Waals surface area (Å²) < 4.78 is 1.95. The summed E-state index contributed by atoms with van der Waals surface area (Å²) in [6.45, 7) is 8.50. The standard InChI is InChI=1S/C18H30N4O/c1-4-5-9-22-17-8-10-21(12-15(17)6-7-18(22)23)13-16-11-19-20(3)14(16)2/h11,15,17H,4-10,12-13H2,1-3H3/t15-,17+/m1/s1. The molecular weight excluding hydrogens is 288 g/mol. The van der Waals surface area contributed by atoms with E-state index in [1.54, 1.807) is 0 Å². The van der Waals surface area contributed by atoms with Crippen molar-refractivity contribution < 1.29 is 4.79 Å². The van der Waals surface area contributed by atoms with Crippen molar-refractivity contribution in [1.29, 1.82) is 0 Å². The lowest BCUT2D eigenvalue weighted by atomic mass is 9.83. The van der Waals surface area contributed by atoms with Crippen LogP contribution in [0.15, 0.2) is 6.20 Å². The highest BCUT2D eigenvalue weighted by molar-refractivity contribution is 5.77. The van der Waals surface area contributed by atoms with Crippen molar-refractivity contribution in [2.45, 2.75) is 58.5 Å². The van der Waals surface area contributed by atoms with Crippen molar-refractivity contribution in [2.75, 3.05) is 19.6 Å². The molecule has 0 radical (unpaired) electrons. The van der Waals surface area contributed by atoms with E-state index in [2.05, 4.69) is 28.7 Å². The third-order valence-corrected chi connectivity index (χ3v) is 5.71. The molecule has 0 bridgehead atoms. The van der Waals surface area contributed by atoms with Crippen molar-refractivity contribution >= 4 is 5.91 Å². The number of aryl methyl sites for hydroxylation is 1. The molecular formula is C18H30N4O. The number of fused-ring (bicyclic) bond motifs is 1. The number of nitrogens with zero attached hydrogens (tertiary/aromatic N) is 4. The molecule has 0 saturated carbocycles. The van der Waals surface area contributed by atoms with Crippen LogP contribution in [0.4, 0.5) is 0 Å². The number of likely N-dealkylation sites (tertiary alicyclic amines) is 2. The maximum Gasteiger partial charge on any atom is 0.222 e. The molecule has 1 aromatic rings. The van der Waals surface area contributed by atoms with Gasteiger partial charge in [-0.05, 0) is 32.1 Å². The lowest BCUT2D eigenvalue weighted by Crippen LogP contribution is -2.55. The van der Waals surface area contributed by atoms with E-state index >= 15 is 0 Å². The Labute approximate surface area is 139 Å². The molecule has 5 nitrogen and oxygen atoms in total. The van der Waals surface area contributed by atoms with Crippen LogP contribution in [0, 0.1) is 12.8 Å². The normalized spacial score (nSPS) is 25.7. The number of rotatable bonds is 5. The van der Waals surface area contributed by atoms with Gasteiger partial charge >= 0.3 is 0 Å². The summed E-state index contributed by atoms with van der Waals surface area (Å²) in [7, 11) is 2.00. The zero-order chi connectivity index (χ0) is 16.4. The molecule has 23 heavy (non-hydrogen) atoms. The van der Waals surface area contributed by atoms with Gasteiger partial charge in [-0.1, -0.05) is 13.3 Å². The van der Waals surface area contributed by atoms with Crippen LogP contribution in [0.25, 0.3) is 0 Å².